The van der Waals surface area contributed by atoms with Crippen LogP contribution in [0.3, 0.4) is 0 Å². The Labute approximate surface area is 86.6 Å². The van der Waals surface area contributed by atoms with Crippen molar-refractivity contribution in [1.29, 1.82) is 0 Å². The summed E-state index contributed by atoms with van der Waals surface area (Å²) in [4.78, 5) is 4.27. The van der Waals surface area contributed by atoms with Crippen molar-refractivity contribution < 1.29 is 5.11 Å². The van der Waals surface area contributed by atoms with E-state index in [0.717, 1.165) is 6.42 Å². The lowest BCUT2D eigenvalue weighted by molar-refractivity contribution is 0.164. The number of aliphatic hydroxyl groups is 1. The number of rotatable bonds is 7. The van der Waals surface area contributed by atoms with Crippen molar-refractivity contribution in [2.45, 2.75) is 39.5 Å². The molecule has 0 heterocycles. The van der Waals surface area contributed by atoms with Crippen molar-refractivity contribution in [2.24, 2.45) is 16.6 Å². The third-order valence-corrected chi connectivity index (χ3v) is 2.06. The Morgan fingerprint density at radius 3 is 2.64 bits per heavy atom. The highest BCUT2D eigenvalue weighted by molar-refractivity contribution is 5.60. The van der Waals surface area contributed by atoms with Crippen molar-refractivity contribution in [2.75, 3.05) is 13.1 Å². The van der Waals surface area contributed by atoms with Crippen LogP contribution in [-0.2, 0) is 0 Å². The zero-order valence-electron chi connectivity index (χ0n) is 9.40. The minimum atomic E-state index is -0.278. The highest BCUT2D eigenvalue weighted by Gasteiger charge is 2.02. The molecule has 0 aromatic rings. The van der Waals surface area contributed by atoms with E-state index in [1.807, 2.05) is 27.0 Å². The summed E-state index contributed by atoms with van der Waals surface area (Å²) in [6, 6.07) is 0. The van der Waals surface area contributed by atoms with E-state index < -0.39 is 0 Å². The molecule has 0 aromatic carbocycles. The fraction of sp³-hybridized carbons (Fsp3) is 0.900. The quantitative estimate of drug-likeness (QED) is 0.521. The first-order chi connectivity index (χ1) is 6.60. The van der Waals surface area contributed by atoms with Crippen LogP contribution >= 0.6 is 0 Å². The Hall–Kier alpha value is -0.450. The van der Waals surface area contributed by atoms with E-state index in [1.54, 1.807) is 0 Å². The van der Waals surface area contributed by atoms with Crippen molar-refractivity contribution in [3.63, 3.8) is 0 Å². The lowest BCUT2D eigenvalue weighted by atomic mass is 10.2. The van der Waals surface area contributed by atoms with Gasteiger partial charge < -0.3 is 10.8 Å². The highest BCUT2D eigenvalue weighted by atomic mass is 16.3. The Bertz CT molecular complexity index is 161. The molecular formula is C10H23N3O. The lowest BCUT2D eigenvalue weighted by Crippen LogP contribution is -2.32. The Balaban J connectivity index is 3.64. The van der Waals surface area contributed by atoms with E-state index in [1.165, 1.54) is 0 Å². The third-order valence-electron chi connectivity index (χ3n) is 2.06. The third kappa shape index (κ3) is 7.00. The normalized spacial score (nSPS) is 18.4. The van der Waals surface area contributed by atoms with E-state index in [9.17, 15) is 5.11 Å². The molecule has 4 heteroatoms. The van der Waals surface area contributed by atoms with Gasteiger partial charge in [0.2, 0.25) is 0 Å². The number of aliphatic imine (C=N–C) groups is 1. The summed E-state index contributed by atoms with van der Waals surface area (Å²) in [6.45, 7) is 7.15. The molecule has 0 fully saturated rings. The summed E-state index contributed by atoms with van der Waals surface area (Å²) < 4.78 is 0. The van der Waals surface area contributed by atoms with Crippen LogP contribution in [0.1, 0.15) is 27.2 Å². The van der Waals surface area contributed by atoms with Crippen molar-refractivity contribution in [1.82, 2.24) is 5.32 Å². The van der Waals surface area contributed by atoms with Crippen LogP contribution in [0.4, 0.5) is 0 Å². The molecule has 0 aliphatic heterocycles. The fourth-order valence-corrected chi connectivity index (χ4v) is 0.841. The molecule has 4 N–H and O–H groups in total. The van der Waals surface area contributed by atoms with Crippen LogP contribution in [-0.4, -0.2) is 36.7 Å². The predicted octanol–water partition coefficient (Wildman–Crippen LogP) is 0.359. The molecule has 0 aliphatic carbocycles. The molecule has 4 nitrogen and oxygen atoms in total. The number of hydrogen-bond donors (Lipinski definition) is 3. The van der Waals surface area contributed by atoms with Gasteiger partial charge in [0.15, 0.2) is 0 Å². The van der Waals surface area contributed by atoms with Gasteiger partial charge in [-0.25, -0.2) is 0 Å². The Kier molecular flexibility index (Phi) is 7.65. The number of nitrogens with one attached hydrogen (secondary N) is 1. The van der Waals surface area contributed by atoms with Gasteiger partial charge in [-0.05, 0) is 19.9 Å². The maximum Gasteiger partial charge on any atom is 0.0962 e. The van der Waals surface area contributed by atoms with Gasteiger partial charge in [0.1, 0.15) is 0 Å². The molecule has 3 unspecified atom stereocenters. The van der Waals surface area contributed by atoms with Crippen molar-refractivity contribution in [3.05, 3.63) is 0 Å². The average molecular weight is 201 g/mol. The van der Waals surface area contributed by atoms with Crippen LogP contribution in [0, 0.1) is 5.92 Å². The predicted molar refractivity (Wildman–Crippen MR) is 60.5 cm³/mol. The zero-order chi connectivity index (χ0) is 11.0. The monoisotopic (exact) mass is 201 g/mol. The second-order valence-electron chi connectivity index (χ2n) is 3.66. The van der Waals surface area contributed by atoms with Gasteiger partial charge in [0, 0.05) is 18.7 Å². The summed E-state index contributed by atoms with van der Waals surface area (Å²) in [5.41, 5.74) is 5.45. The number of nitrogens with zero attached hydrogens (tertiary/aromatic N) is 1. The van der Waals surface area contributed by atoms with Crippen molar-refractivity contribution >= 4 is 6.21 Å². The van der Waals surface area contributed by atoms with Crippen molar-refractivity contribution in [3.8, 4) is 0 Å². The Morgan fingerprint density at radius 2 is 2.14 bits per heavy atom. The van der Waals surface area contributed by atoms with Gasteiger partial charge >= 0.3 is 0 Å². The first kappa shape index (κ1) is 13.5. The molecule has 0 saturated carbocycles. The van der Waals surface area contributed by atoms with Crippen LogP contribution in [0.2, 0.25) is 0 Å². The van der Waals surface area contributed by atoms with Gasteiger partial charge in [0.25, 0.3) is 0 Å². The number of nitrogens with two attached hydrogens (primary N) is 1. The summed E-state index contributed by atoms with van der Waals surface area (Å²) >= 11 is 0. The topological polar surface area (TPSA) is 70.6 Å². The van der Waals surface area contributed by atoms with E-state index in [0.29, 0.717) is 19.0 Å². The van der Waals surface area contributed by atoms with Gasteiger partial charge in [-0.15, -0.1) is 0 Å². The van der Waals surface area contributed by atoms with E-state index in [4.69, 9.17) is 5.73 Å². The van der Waals surface area contributed by atoms with E-state index >= 15 is 0 Å². The van der Waals surface area contributed by atoms with Crippen LogP contribution in [0.15, 0.2) is 4.99 Å². The maximum absolute atomic E-state index is 9.30. The summed E-state index contributed by atoms with van der Waals surface area (Å²) in [5.74, 6) is 0.315. The molecule has 0 rings (SSSR count). The van der Waals surface area contributed by atoms with Crippen LogP contribution < -0.4 is 11.1 Å². The van der Waals surface area contributed by atoms with Crippen LogP contribution in [0.5, 0.6) is 0 Å². The zero-order valence-corrected chi connectivity index (χ0v) is 9.40. The smallest absolute Gasteiger partial charge is 0.0962 e. The SMILES string of the molecule is CCC(O)CNC(C)N=CC(C)CN. The number of aliphatic hydroxyl groups excluding tert-OH is 1. The van der Waals surface area contributed by atoms with Crippen LogP contribution in [0.25, 0.3) is 0 Å². The number of hydrogen-bond acceptors (Lipinski definition) is 4. The standard InChI is InChI=1S/C10H23N3O/c1-4-10(14)7-13-9(3)12-6-8(2)5-11/h6,8-10,13-14H,4-5,7,11H2,1-3H3. The molecule has 3 atom stereocenters. The van der Waals surface area contributed by atoms with E-state index in [2.05, 4.69) is 10.3 Å². The molecule has 0 radical (unpaired) electrons. The minimum Gasteiger partial charge on any atom is -0.392 e. The molecule has 84 valence electrons. The summed E-state index contributed by atoms with van der Waals surface area (Å²) in [7, 11) is 0. The molecule has 0 saturated heterocycles. The summed E-state index contributed by atoms with van der Waals surface area (Å²) in [6.07, 6.45) is 2.39. The fourth-order valence-electron chi connectivity index (χ4n) is 0.841. The van der Waals surface area contributed by atoms with Gasteiger partial charge in [-0.1, -0.05) is 13.8 Å². The second kappa shape index (κ2) is 7.91. The minimum absolute atomic E-state index is 0.0465. The van der Waals surface area contributed by atoms with Gasteiger partial charge in [0.05, 0.1) is 12.3 Å². The molecule has 0 aliphatic rings. The van der Waals surface area contributed by atoms with E-state index in [-0.39, 0.29) is 12.3 Å². The molecule has 14 heavy (non-hydrogen) atoms. The molecular weight excluding hydrogens is 178 g/mol. The molecule has 0 amide bonds. The van der Waals surface area contributed by atoms with Gasteiger partial charge in [-0.2, -0.15) is 0 Å². The molecule has 0 spiro atoms. The summed E-state index contributed by atoms with van der Waals surface area (Å²) in [5, 5.41) is 12.4. The average Bonchev–Trinajstić information content (AvgIpc) is 2.22. The highest BCUT2D eigenvalue weighted by Crippen LogP contribution is 1.91. The first-order valence-corrected chi connectivity index (χ1v) is 5.24. The second-order valence-corrected chi connectivity index (χ2v) is 3.66. The molecule has 0 aromatic heterocycles. The first-order valence-electron chi connectivity index (χ1n) is 5.24. The largest absolute Gasteiger partial charge is 0.392 e. The Morgan fingerprint density at radius 1 is 1.50 bits per heavy atom. The maximum atomic E-state index is 9.30. The lowest BCUT2D eigenvalue weighted by Gasteiger charge is -2.13. The molecule has 0 bridgehead atoms. The van der Waals surface area contributed by atoms with Gasteiger partial charge in [-0.3, -0.25) is 10.3 Å².